The van der Waals surface area contributed by atoms with Crippen LogP contribution in [0.4, 0.5) is 18.9 Å². The van der Waals surface area contributed by atoms with E-state index in [0.29, 0.717) is 16.8 Å². The van der Waals surface area contributed by atoms with Crippen LogP contribution in [0.3, 0.4) is 0 Å². The third-order valence-corrected chi connectivity index (χ3v) is 4.11. The van der Waals surface area contributed by atoms with Gasteiger partial charge in [-0.15, -0.1) is 0 Å². The smallest absolute Gasteiger partial charge is 0.168 e. The number of rotatable bonds is 3. The first-order chi connectivity index (χ1) is 12.6. The molecule has 0 saturated carbocycles. The maximum absolute atomic E-state index is 14.5. The van der Waals surface area contributed by atoms with Crippen LogP contribution in [0.5, 0.6) is 0 Å². The van der Waals surface area contributed by atoms with Gasteiger partial charge in [0.05, 0.1) is 18.1 Å². The Kier molecular flexibility index (Phi) is 4.04. The van der Waals surface area contributed by atoms with Gasteiger partial charge in [0.15, 0.2) is 11.6 Å². The van der Waals surface area contributed by atoms with Crippen LogP contribution < -0.4 is 10.2 Å². The molecule has 0 amide bonds. The molecule has 26 heavy (non-hydrogen) atoms. The number of anilines is 1. The van der Waals surface area contributed by atoms with Crippen LogP contribution in [0.15, 0.2) is 67.4 Å². The van der Waals surface area contributed by atoms with Crippen molar-refractivity contribution in [2.75, 3.05) is 4.90 Å². The van der Waals surface area contributed by atoms with Crippen LogP contribution in [0, 0.1) is 17.5 Å². The van der Waals surface area contributed by atoms with Crippen LogP contribution in [0.1, 0.15) is 17.3 Å². The Morgan fingerprint density at radius 1 is 0.885 bits per heavy atom. The second-order valence-electron chi connectivity index (χ2n) is 5.71. The zero-order valence-electron chi connectivity index (χ0n) is 13.4. The van der Waals surface area contributed by atoms with Crippen molar-refractivity contribution in [2.45, 2.75) is 6.17 Å². The van der Waals surface area contributed by atoms with Gasteiger partial charge in [-0.2, -0.15) is 0 Å². The number of nitrogens with zero attached hydrogens (tertiary/aromatic N) is 3. The maximum Gasteiger partial charge on any atom is 0.168 e. The summed E-state index contributed by atoms with van der Waals surface area (Å²) in [4.78, 5) is 9.09. The number of nitrogens with one attached hydrogen (secondary N) is 1. The lowest BCUT2D eigenvalue weighted by atomic mass is 10.1. The van der Waals surface area contributed by atoms with Crippen molar-refractivity contribution in [2.24, 2.45) is 0 Å². The van der Waals surface area contributed by atoms with E-state index in [1.165, 1.54) is 17.0 Å². The van der Waals surface area contributed by atoms with Gasteiger partial charge in [0, 0.05) is 24.2 Å². The zero-order valence-corrected chi connectivity index (χ0v) is 13.4. The molecular weight excluding hydrogens is 341 g/mol. The highest BCUT2D eigenvalue weighted by Crippen LogP contribution is 2.39. The number of hydrogen-bond donors (Lipinski definition) is 1. The second kappa shape index (κ2) is 6.51. The van der Waals surface area contributed by atoms with Gasteiger partial charge >= 0.3 is 0 Å². The van der Waals surface area contributed by atoms with E-state index in [1.807, 2.05) is 0 Å². The summed E-state index contributed by atoms with van der Waals surface area (Å²) in [6.07, 6.45) is 6.17. The van der Waals surface area contributed by atoms with Crippen molar-refractivity contribution in [3.63, 3.8) is 0 Å². The Balaban J connectivity index is 1.85. The largest absolute Gasteiger partial charge is 0.365 e. The number of hydrogen-bond acceptors (Lipinski definition) is 4. The van der Waals surface area contributed by atoms with Crippen molar-refractivity contribution < 1.29 is 13.2 Å². The summed E-state index contributed by atoms with van der Waals surface area (Å²) < 4.78 is 42.2. The van der Waals surface area contributed by atoms with E-state index >= 15 is 0 Å². The normalized spacial score (nSPS) is 16.3. The van der Waals surface area contributed by atoms with Gasteiger partial charge in [-0.25, -0.2) is 13.2 Å². The Morgan fingerprint density at radius 3 is 2.27 bits per heavy atom. The third kappa shape index (κ3) is 2.77. The highest BCUT2D eigenvalue weighted by molar-refractivity contribution is 5.82. The van der Waals surface area contributed by atoms with Crippen molar-refractivity contribution >= 4 is 11.4 Å². The minimum Gasteiger partial charge on any atom is -0.365 e. The molecule has 2 aromatic heterocycles. The lowest BCUT2D eigenvalue weighted by Crippen LogP contribution is -2.30. The Hall–Kier alpha value is -3.35. The number of aromatic nitrogens is 2. The molecule has 1 unspecified atom stereocenters. The van der Waals surface area contributed by atoms with Crippen molar-refractivity contribution in [1.82, 2.24) is 15.3 Å². The summed E-state index contributed by atoms with van der Waals surface area (Å²) in [5.41, 5.74) is 1.63. The van der Waals surface area contributed by atoms with E-state index in [9.17, 15) is 13.2 Å². The Bertz CT molecular complexity index is 938. The average molecular weight is 354 g/mol. The lowest BCUT2D eigenvalue weighted by Gasteiger charge is -2.30. The molecule has 1 N–H and O–H groups in total. The first-order valence-electron chi connectivity index (χ1n) is 7.85. The lowest BCUT2D eigenvalue weighted by molar-refractivity contribution is 0.554. The molecule has 0 bridgehead atoms. The molecule has 1 aliphatic rings. The van der Waals surface area contributed by atoms with Gasteiger partial charge < -0.3 is 10.2 Å². The fourth-order valence-electron chi connectivity index (χ4n) is 2.95. The first kappa shape index (κ1) is 16.1. The molecule has 1 atom stereocenters. The number of pyridine rings is 2. The van der Waals surface area contributed by atoms with E-state index in [0.717, 1.165) is 12.4 Å². The van der Waals surface area contributed by atoms with Gasteiger partial charge in [-0.3, -0.25) is 9.97 Å². The van der Waals surface area contributed by atoms with Crippen molar-refractivity contribution in [1.29, 1.82) is 0 Å². The minimum atomic E-state index is -0.796. The first-order valence-corrected chi connectivity index (χ1v) is 7.85. The zero-order chi connectivity index (χ0) is 18.1. The highest BCUT2D eigenvalue weighted by atomic mass is 19.1. The third-order valence-electron chi connectivity index (χ3n) is 4.11. The average Bonchev–Trinajstić information content (AvgIpc) is 3.08. The molecule has 0 spiro atoms. The minimum absolute atomic E-state index is 0.241. The molecular formula is C19H13F3N4. The molecule has 0 aliphatic carbocycles. The topological polar surface area (TPSA) is 41.1 Å². The van der Waals surface area contributed by atoms with Crippen molar-refractivity contribution in [3.05, 3.63) is 96.0 Å². The van der Waals surface area contributed by atoms with E-state index < -0.39 is 17.8 Å². The summed E-state index contributed by atoms with van der Waals surface area (Å²) in [6, 6.07) is 9.26. The summed E-state index contributed by atoms with van der Waals surface area (Å²) in [7, 11) is 0. The standard InChI is InChI=1S/C19H13F3N4/c20-14-5-3-12(4-6-14)19-25-11-17(13-2-1-7-23-8-13)26(19)18-15(21)9-24-10-16(18)22/h1-11,19,25H. The van der Waals surface area contributed by atoms with E-state index in [-0.39, 0.29) is 11.5 Å². The molecule has 130 valence electrons. The quantitative estimate of drug-likeness (QED) is 0.772. The fraction of sp³-hybridized carbons (Fsp3) is 0.0526. The van der Waals surface area contributed by atoms with Gasteiger partial charge in [-0.05, 0) is 29.8 Å². The van der Waals surface area contributed by atoms with E-state index in [2.05, 4.69) is 15.3 Å². The van der Waals surface area contributed by atoms with Gasteiger partial charge in [-0.1, -0.05) is 12.1 Å². The molecule has 7 heteroatoms. The summed E-state index contributed by atoms with van der Waals surface area (Å²) in [5, 5.41) is 3.10. The predicted octanol–water partition coefficient (Wildman–Crippen LogP) is 4.00. The molecule has 4 rings (SSSR count). The van der Waals surface area contributed by atoms with Crippen LogP contribution in [0.2, 0.25) is 0 Å². The van der Waals surface area contributed by atoms with Crippen molar-refractivity contribution in [3.8, 4) is 0 Å². The summed E-state index contributed by atoms with van der Waals surface area (Å²) in [5.74, 6) is -1.98. The van der Waals surface area contributed by atoms with Crippen LogP contribution in [0.25, 0.3) is 5.70 Å². The molecule has 0 radical (unpaired) electrons. The SMILES string of the molecule is Fc1ccc(C2NC=C(c3cccnc3)N2c2c(F)cncc2F)cc1. The van der Waals surface area contributed by atoms with E-state index in [1.54, 1.807) is 42.9 Å². The van der Waals surface area contributed by atoms with Crippen LogP contribution in [-0.4, -0.2) is 9.97 Å². The maximum atomic E-state index is 14.5. The second-order valence-corrected chi connectivity index (χ2v) is 5.71. The monoisotopic (exact) mass is 354 g/mol. The van der Waals surface area contributed by atoms with Gasteiger partial charge in [0.1, 0.15) is 17.7 Å². The van der Waals surface area contributed by atoms with Gasteiger partial charge in [0.2, 0.25) is 0 Å². The van der Waals surface area contributed by atoms with Crippen LogP contribution in [-0.2, 0) is 0 Å². The molecule has 1 aromatic carbocycles. The molecule has 3 aromatic rings. The Labute approximate surface area is 147 Å². The predicted molar refractivity (Wildman–Crippen MR) is 91.1 cm³/mol. The fourth-order valence-corrected chi connectivity index (χ4v) is 2.95. The molecule has 3 heterocycles. The summed E-state index contributed by atoms with van der Waals surface area (Å²) >= 11 is 0. The van der Waals surface area contributed by atoms with E-state index in [4.69, 9.17) is 0 Å². The number of halogens is 3. The molecule has 0 fully saturated rings. The Morgan fingerprint density at radius 2 is 1.62 bits per heavy atom. The van der Waals surface area contributed by atoms with Crippen LogP contribution >= 0.6 is 0 Å². The number of benzene rings is 1. The summed E-state index contributed by atoms with van der Waals surface area (Å²) in [6.45, 7) is 0. The van der Waals surface area contributed by atoms with Gasteiger partial charge in [0.25, 0.3) is 0 Å². The molecule has 4 nitrogen and oxygen atoms in total. The highest BCUT2D eigenvalue weighted by Gasteiger charge is 2.33. The molecule has 1 aliphatic heterocycles. The molecule has 0 saturated heterocycles.